The van der Waals surface area contributed by atoms with E-state index in [9.17, 15) is 13.2 Å². The van der Waals surface area contributed by atoms with Gasteiger partial charge in [-0.25, -0.2) is 18.4 Å². The molecule has 3 aromatic heterocycles. The highest BCUT2D eigenvalue weighted by atomic mass is 32.2. The summed E-state index contributed by atoms with van der Waals surface area (Å²) in [7, 11) is -3.45. The SMILES string of the molecule is CCS(=O)(=O)Nc1ncccc1Cn1ncc2cnc(Nc3ccc(NC(C)=O)cc3)cc21. The molecular weight excluding hydrogens is 442 g/mol. The van der Waals surface area contributed by atoms with E-state index in [1.54, 1.807) is 48.4 Å². The van der Waals surface area contributed by atoms with Gasteiger partial charge in [-0.3, -0.25) is 14.2 Å². The summed E-state index contributed by atoms with van der Waals surface area (Å²) < 4.78 is 28.3. The molecule has 0 bridgehead atoms. The third kappa shape index (κ3) is 5.44. The van der Waals surface area contributed by atoms with Crippen molar-refractivity contribution in [3.63, 3.8) is 0 Å². The van der Waals surface area contributed by atoms with Crippen LogP contribution in [0.2, 0.25) is 0 Å². The summed E-state index contributed by atoms with van der Waals surface area (Å²) in [5.74, 6) is 0.736. The Hall–Kier alpha value is -3.99. The smallest absolute Gasteiger partial charge is 0.233 e. The zero-order valence-corrected chi connectivity index (χ0v) is 18.9. The first-order valence-electron chi connectivity index (χ1n) is 10.2. The lowest BCUT2D eigenvalue weighted by Gasteiger charge is -2.12. The summed E-state index contributed by atoms with van der Waals surface area (Å²) >= 11 is 0. The molecule has 0 fully saturated rings. The number of pyridine rings is 2. The predicted molar refractivity (Wildman–Crippen MR) is 128 cm³/mol. The fraction of sp³-hybridized carbons (Fsp3) is 0.182. The van der Waals surface area contributed by atoms with Crippen LogP contribution in [0.15, 0.2) is 61.1 Å². The van der Waals surface area contributed by atoms with Crippen LogP contribution in [0.5, 0.6) is 0 Å². The van der Waals surface area contributed by atoms with Crippen LogP contribution in [0.25, 0.3) is 10.9 Å². The zero-order chi connectivity index (χ0) is 23.4. The van der Waals surface area contributed by atoms with Crippen molar-refractivity contribution >= 4 is 49.8 Å². The molecule has 4 aromatic rings. The van der Waals surface area contributed by atoms with Gasteiger partial charge in [-0.15, -0.1) is 0 Å². The molecule has 0 radical (unpaired) electrons. The second-order valence-electron chi connectivity index (χ2n) is 7.33. The van der Waals surface area contributed by atoms with Gasteiger partial charge in [0.15, 0.2) is 0 Å². The minimum absolute atomic E-state index is 0.0415. The van der Waals surface area contributed by atoms with E-state index in [4.69, 9.17) is 0 Å². The molecule has 170 valence electrons. The number of carbonyl (C=O) groups is 1. The van der Waals surface area contributed by atoms with Gasteiger partial charge < -0.3 is 10.6 Å². The second kappa shape index (κ2) is 9.25. The van der Waals surface area contributed by atoms with Crippen molar-refractivity contribution in [2.45, 2.75) is 20.4 Å². The van der Waals surface area contributed by atoms with Crippen LogP contribution in [-0.2, 0) is 21.4 Å². The average molecular weight is 466 g/mol. The van der Waals surface area contributed by atoms with Crippen LogP contribution >= 0.6 is 0 Å². The molecule has 1 amide bonds. The number of nitrogens with zero attached hydrogens (tertiary/aromatic N) is 4. The van der Waals surface area contributed by atoms with E-state index in [0.29, 0.717) is 23.6 Å². The Kier molecular flexibility index (Phi) is 6.22. The Morgan fingerprint density at radius 1 is 1.06 bits per heavy atom. The lowest BCUT2D eigenvalue weighted by Crippen LogP contribution is -2.17. The normalized spacial score (nSPS) is 11.3. The maximum Gasteiger partial charge on any atom is 0.233 e. The molecule has 0 saturated heterocycles. The number of carbonyl (C=O) groups excluding carboxylic acids is 1. The highest BCUT2D eigenvalue weighted by Gasteiger charge is 2.13. The molecule has 11 heteroatoms. The van der Waals surface area contributed by atoms with Gasteiger partial charge in [0, 0.05) is 47.7 Å². The highest BCUT2D eigenvalue weighted by molar-refractivity contribution is 7.92. The van der Waals surface area contributed by atoms with Crippen LogP contribution in [0.3, 0.4) is 0 Å². The number of aromatic nitrogens is 4. The minimum Gasteiger partial charge on any atom is -0.340 e. The molecule has 1 aromatic carbocycles. The van der Waals surface area contributed by atoms with E-state index in [1.807, 2.05) is 24.3 Å². The number of hydrogen-bond acceptors (Lipinski definition) is 7. The first kappa shape index (κ1) is 22.2. The van der Waals surface area contributed by atoms with Gasteiger partial charge in [0.1, 0.15) is 11.6 Å². The van der Waals surface area contributed by atoms with Crippen LogP contribution in [0.1, 0.15) is 19.4 Å². The third-order valence-corrected chi connectivity index (χ3v) is 6.11. The molecule has 33 heavy (non-hydrogen) atoms. The molecule has 0 unspecified atom stereocenters. The Morgan fingerprint density at radius 2 is 1.82 bits per heavy atom. The van der Waals surface area contributed by atoms with E-state index in [0.717, 1.165) is 16.6 Å². The topological polar surface area (TPSA) is 131 Å². The average Bonchev–Trinajstić information content (AvgIpc) is 3.18. The Morgan fingerprint density at radius 3 is 2.55 bits per heavy atom. The zero-order valence-electron chi connectivity index (χ0n) is 18.1. The standard InChI is InChI=1S/C22H23N7O3S/c1-3-33(31,32)28-22-16(5-4-10-23-22)14-29-20-11-21(24-12-17(20)13-25-29)27-19-8-6-18(7-9-19)26-15(2)30/h4-13H,3,14H2,1-2H3,(H,23,28)(H,24,27)(H,26,30). The molecule has 0 saturated carbocycles. The van der Waals surface area contributed by atoms with Crippen LogP contribution in [0.4, 0.5) is 23.0 Å². The van der Waals surface area contributed by atoms with Gasteiger partial charge in [0.05, 0.1) is 24.0 Å². The predicted octanol–water partition coefficient (Wildman–Crippen LogP) is 3.34. The van der Waals surface area contributed by atoms with Gasteiger partial charge in [-0.1, -0.05) is 6.07 Å². The number of nitrogens with one attached hydrogen (secondary N) is 3. The molecule has 3 N–H and O–H groups in total. The minimum atomic E-state index is -3.45. The highest BCUT2D eigenvalue weighted by Crippen LogP contribution is 2.23. The van der Waals surface area contributed by atoms with Crippen LogP contribution in [0, 0.1) is 0 Å². The summed E-state index contributed by atoms with van der Waals surface area (Å²) in [5, 5.41) is 11.3. The Bertz CT molecular complexity index is 1400. The van der Waals surface area contributed by atoms with Crippen LogP contribution in [-0.4, -0.2) is 39.8 Å². The second-order valence-corrected chi connectivity index (χ2v) is 9.34. The number of sulfonamides is 1. The van der Waals surface area contributed by atoms with Crippen molar-refractivity contribution in [1.29, 1.82) is 0 Å². The van der Waals surface area contributed by atoms with Crippen molar-refractivity contribution in [2.75, 3.05) is 21.1 Å². The lowest BCUT2D eigenvalue weighted by atomic mass is 10.2. The molecule has 0 atom stereocenters. The quantitative estimate of drug-likeness (QED) is 0.364. The third-order valence-electron chi connectivity index (χ3n) is 4.85. The largest absolute Gasteiger partial charge is 0.340 e. The van der Waals surface area contributed by atoms with Crippen LogP contribution < -0.4 is 15.4 Å². The van der Waals surface area contributed by atoms with Gasteiger partial charge in [0.25, 0.3) is 0 Å². The Balaban J connectivity index is 1.58. The fourth-order valence-corrected chi connectivity index (χ4v) is 3.82. The molecule has 3 heterocycles. The van der Waals surface area contributed by atoms with Crippen molar-refractivity contribution in [1.82, 2.24) is 19.7 Å². The fourth-order valence-electron chi connectivity index (χ4n) is 3.19. The molecule has 0 aliphatic rings. The summed E-state index contributed by atoms with van der Waals surface area (Å²) in [6.07, 6.45) is 4.97. The lowest BCUT2D eigenvalue weighted by molar-refractivity contribution is -0.114. The molecular formula is C22H23N7O3S. The first-order valence-corrected chi connectivity index (χ1v) is 11.9. The summed E-state index contributed by atoms with van der Waals surface area (Å²) in [6.45, 7) is 3.36. The van der Waals surface area contributed by atoms with Gasteiger partial charge >= 0.3 is 0 Å². The van der Waals surface area contributed by atoms with E-state index in [-0.39, 0.29) is 17.5 Å². The van der Waals surface area contributed by atoms with Gasteiger partial charge in [0.2, 0.25) is 15.9 Å². The van der Waals surface area contributed by atoms with Crippen molar-refractivity contribution < 1.29 is 13.2 Å². The summed E-state index contributed by atoms with van der Waals surface area (Å²) in [5.41, 5.74) is 3.04. The van der Waals surface area contributed by atoms with E-state index >= 15 is 0 Å². The number of rotatable bonds is 8. The monoisotopic (exact) mass is 465 g/mol. The molecule has 10 nitrogen and oxygen atoms in total. The Labute approximate surface area is 191 Å². The number of amides is 1. The summed E-state index contributed by atoms with van der Waals surface area (Å²) in [6, 6.07) is 12.7. The molecule has 0 aliphatic carbocycles. The van der Waals surface area contributed by atoms with E-state index in [1.165, 1.54) is 6.92 Å². The van der Waals surface area contributed by atoms with E-state index < -0.39 is 10.0 Å². The van der Waals surface area contributed by atoms with Gasteiger partial charge in [-0.05, 0) is 37.3 Å². The summed E-state index contributed by atoms with van der Waals surface area (Å²) in [4.78, 5) is 19.8. The number of anilines is 4. The number of fused-ring (bicyclic) bond motifs is 1. The van der Waals surface area contributed by atoms with Crippen molar-refractivity contribution in [3.8, 4) is 0 Å². The number of benzene rings is 1. The van der Waals surface area contributed by atoms with Crippen molar-refractivity contribution in [3.05, 3.63) is 66.6 Å². The van der Waals surface area contributed by atoms with Gasteiger partial charge in [-0.2, -0.15) is 5.10 Å². The van der Waals surface area contributed by atoms with Crippen molar-refractivity contribution in [2.24, 2.45) is 0 Å². The maximum absolute atomic E-state index is 12.0. The molecule has 4 rings (SSSR count). The first-order chi connectivity index (χ1) is 15.8. The number of hydrogen-bond donors (Lipinski definition) is 3. The molecule has 0 aliphatic heterocycles. The maximum atomic E-state index is 12.0. The van der Waals surface area contributed by atoms with E-state index in [2.05, 4.69) is 30.4 Å². The molecule has 0 spiro atoms.